The molecule has 18 N–H and O–H groups in total. The molecule has 4 rings (SSSR count). The number of amides is 1. The van der Waals surface area contributed by atoms with Crippen molar-refractivity contribution in [1.82, 2.24) is 5.32 Å². The van der Waals surface area contributed by atoms with Crippen molar-refractivity contribution in [1.29, 1.82) is 0 Å². The zero-order valence-electron chi connectivity index (χ0n) is 26.3. The lowest BCUT2D eigenvalue weighted by Crippen LogP contribution is -2.68. The van der Waals surface area contributed by atoms with Crippen LogP contribution < -0.4 is 34.0 Å². The third kappa shape index (κ3) is 8.22. The molecule has 274 valence electrons. The largest absolute Gasteiger partial charge is 0.394 e. The third-order valence-corrected chi connectivity index (χ3v) is 9.14. The summed E-state index contributed by atoms with van der Waals surface area (Å²) in [6.45, 7) is 2.32. The molecule has 4 aliphatic rings. The van der Waals surface area contributed by atoms with E-state index in [1.807, 2.05) is 0 Å². The van der Waals surface area contributed by atoms with Gasteiger partial charge >= 0.3 is 0 Å². The summed E-state index contributed by atoms with van der Waals surface area (Å²) in [5.41, 5.74) is 30.2. The van der Waals surface area contributed by atoms with E-state index in [9.17, 15) is 40.5 Å². The Morgan fingerprint density at radius 3 is 1.77 bits per heavy atom. The highest BCUT2D eigenvalue weighted by Crippen LogP contribution is 2.34. The number of hydrogen-bond donors (Lipinski definition) is 13. The van der Waals surface area contributed by atoms with E-state index < -0.39 is 123 Å². The van der Waals surface area contributed by atoms with Crippen molar-refractivity contribution in [3.63, 3.8) is 0 Å². The smallest absolute Gasteiger partial charge is 0.222 e. The summed E-state index contributed by atoms with van der Waals surface area (Å²) in [6, 6.07) is -4.32. The van der Waals surface area contributed by atoms with E-state index in [2.05, 4.69) is 5.32 Å². The molecule has 1 aliphatic carbocycles. The van der Waals surface area contributed by atoms with Gasteiger partial charge < -0.3 is 98.2 Å². The first-order chi connectivity index (χ1) is 22.1. The Morgan fingerprint density at radius 1 is 0.702 bits per heavy atom. The molecule has 0 aromatic heterocycles. The van der Waals surface area contributed by atoms with Gasteiger partial charge in [-0.25, -0.2) is 0 Å². The first-order valence-electron chi connectivity index (χ1n) is 15.7. The van der Waals surface area contributed by atoms with E-state index >= 15 is 0 Å². The molecular formula is C27H52N6O14. The van der Waals surface area contributed by atoms with Crippen LogP contribution in [0.3, 0.4) is 0 Å². The van der Waals surface area contributed by atoms with Crippen LogP contribution in [0, 0.1) is 5.92 Å². The Hall–Kier alpha value is -1.25. The van der Waals surface area contributed by atoms with Gasteiger partial charge in [-0.2, -0.15) is 0 Å². The number of aliphatic hydroxyl groups is 7. The van der Waals surface area contributed by atoms with Crippen molar-refractivity contribution >= 4 is 5.91 Å². The van der Waals surface area contributed by atoms with Crippen LogP contribution in [0.5, 0.6) is 0 Å². The number of rotatable bonds is 11. The highest BCUT2D eigenvalue weighted by Gasteiger charge is 2.54. The van der Waals surface area contributed by atoms with Gasteiger partial charge in [-0.1, -0.05) is 13.8 Å². The summed E-state index contributed by atoms with van der Waals surface area (Å²) in [4.78, 5) is 12.1. The predicted octanol–water partition coefficient (Wildman–Crippen LogP) is -8.08. The molecular weight excluding hydrogens is 632 g/mol. The summed E-state index contributed by atoms with van der Waals surface area (Å²) >= 11 is 0. The minimum absolute atomic E-state index is 0.0715. The maximum atomic E-state index is 12.1. The summed E-state index contributed by atoms with van der Waals surface area (Å²) in [5, 5.41) is 76.7. The number of hydrogen-bond acceptors (Lipinski definition) is 19. The molecule has 3 heterocycles. The lowest BCUT2D eigenvalue weighted by Gasteiger charge is -2.47. The van der Waals surface area contributed by atoms with E-state index in [4.69, 9.17) is 57.1 Å². The summed E-state index contributed by atoms with van der Waals surface area (Å²) < 4.78 is 35.1. The van der Waals surface area contributed by atoms with Crippen LogP contribution >= 0.6 is 0 Å². The fraction of sp³-hybridized carbons (Fsp3) is 0.963. The average Bonchev–Trinajstić information content (AvgIpc) is 3.33. The fourth-order valence-electron chi connectivity index (χ4n) is 6.12. The van der Waals surface area contributed by atoms with E-state index in [0.717, 1.165) is 0 Å². The Labute approximate surface area is 271 Å². The van der Waals surface area contributed by atoms with Crippen LogP contribution in [0.15, 0.2) is 0 Å². The second-order valence-electron chi connectivity index (χ2n) is 12.9. The molecule has 0 bridgehead atoms. The van der Waals surface area contributed by atoms with E-state index in [1.54, 1.807) is 13.8 Å². The topological polar surface area (TPSA) is 356 Å². The van der Waals surface area contributed by atoms with Crippen LogP contribution in [0.25, 0.3) is 0 Å². The molecule has 3 saturated heterocycles. The fourth-order valence-corrected chi connectivity index (χ4v) is 6.12. The van der Waals surface area contributed by atoms with E-state index in [-0.39, 0.29) is 31.3 Å². The van der Waals surface area contributed by atoms with Crippen molar-refractivity contribution in [2.45, 2.75) is 137 Å². The molecule has 3 aliphatic heterocycles. The molecule has 7 unspecified atom stereocenters. The van der Waals surface area contributed by atoms with Crippen molar-refractivity contribution in [2.24, 2.45) is 34.6 Å². The molecule has 19 atom stereocenters. The Morgan fingerprint density at radius 2 is 1.21 bits per heavy atom. The van der Waals surface area contributed by atoms with Crippen molar-refractivity contribution < 1.29 is 69.0 Å². The van der Waals surface area contributed by atoms with Crippen LogP contribution in [0.1, 0.15) is 20.3 Å². The molecule has 20 heteroatoms. The first kappa shape index (κ1) is 38.6. The van der Waals surface area contributed by atoms with E-state index in [0.29, 0.717) is 0 Å². The van der Waals surface area contributed by atoms with Crippen LogP contribution in [-0.4, -0.2) is 178 Å². The molecule has 1 saturated carbocycles. The average molecular weight is 685 g/mol. The summed E-state index contributed by atoms with van der Waals surface area (Å²) in [6.07, 6.45) is -20.5. The number of nitrogens with one attached hydrogen (secondary N) is 1. The summed E-state index contributed by atoms with van der Waals surface area (Å²) in [7, 11) is 0. The van der Waals surface area contributed by atoms with Crippen molar-refractivity contribution in [3.05, 3.63) is 0 Å². The van der Waals surface area contributed by atoms with Gasteiger partial charge in [-0.3, -0.25) is 4.79 Å². The second kappa shape index (κ2) is 16.2. The zero-order chi connectivity index (χ0) is 34.9. The molecule has 1 amide bonds. The molecule has 47 heavy (non-hydrogen) atoms. The number of ether oxygens (including phenoxy) is 6. The van der Waals surface area contributed by atoms with Crippen molar-refractivity contribution in [3.8, 4) is 0 Å². The highest BCUT2D eigenvalue weighted by molar-refractivity contribution is 5.77. The van der Waals surface area contributed by atoms with Gasteiger partial charge in [0, 0.05) is 31.1 Å². The number of nitrogens with two attached hydrogens (primary N) is 5. The van der Waals surface area contributed by atoms with Gasteiger partial charge in [0.15, 0.2) is 18.9 Å². The molecule has 0 aromatic carbocycles. The normalized spacial score (nSPS) is 49.3. The van der Waals surface area contributed by atoms with Gasteiger partial charge in [0.05, 0.1) is 24.8 Å². The van der Waals surface area contributed by atoms with Crippen molar-refractivity contribution in [2.75, 3.05) is 19.7 Å². The SMILES string of the molecule is CC(C)C(=O)NCC1O[C@H](OC2[C@@H](CO)O[C@@H](O[C@@H]3C(O)[C@H](N)CC(N)[C@H]3O[C@H]3OC(CN)[C@@H](O)[C@H](O)C3N)[C@H]2O)C(N)[C@H](O)[C@@H]1O. The van der Waals surface area contributed by atoms with Crippen LogP contribution in [0.2, 0.25) is 0 Å². The highest BCUT2D eigenvalue weighted by atomic mass is 16.8. The number of aliphatic hydroxyl groups excluding tert-OH is 7. The molecule has 0 radical (unpaired) electrons. The zero-order valence-corrected chi connectivity index (χ0v) is 26.3. The maximum absolute atomic E-state index is 12.1. The molecule has 0 aromatic rings. The van der Waals surface area contributed by atoms with E-state index in [1.165, 1.54) is 0 Å². The predicted molar refractivity (Wildman–Crippen MR) is 157 cm³/mol. The third-order valence-electron chi connectivity index (χ3n) is 9.14. The second-order valence-corrected chi connectivity index (χ2v) is 12.9. The first-order valence-corrected chi connectivity index (χ1v) is 15.7. The minimum Gasteiger partial charge on any atom is -0.394 e. The monoisotopic (exact) mass is 684 g/mol. The lowest BCUT2D eigenvalue weighted by atomic mass is 9.84. The molecule has 20 nitrogen and oxygen atoms in total. The van der Waals surface area contributed by atoms with Gasteiger partial charge in [-0.05, 0) is 6.42 Å². The standard InChI is InChI=1S/C27H52N6O14/c1-7(2)24(41)33-5-11-17(37)19(39)14(32)26(43-11)46-22-12(6-34)44-27(20(22)40)47-23-15(35)8(29)3-9(30)21(23)45-25-13(31)18(38)16(36)10(4-28)42-25/h7-23,25-27,34-40H,3-6,28-32H2,1-2H3,(H,33,41)/t8-,9?,10?,11?,12-,13?,14?,15?,16-,17-,18-,19+,20+,21-,22?,23-,25-,26-,27+/m1/s1. The summed E-state index contributed by atoms with van der Waals surface area (Å²) in [5.74, 6) is -0.673. The maximum Gasteiger partial charge on any atom is 0.222 e. The lowest BCUT2D eigenvalue weighted by molar-refractivity contribution is -0.306. The molecule has 4 fully saturated rings. The van der Waals surface area contributed by atoms with Gasteiger partial charge in [0.25, 0.3) is 0 Å². The van der Waals surface area contributed by atoms with Gasteiger partial charge in [-0.15, -0.1) is 0 Å². The number of carbonyl (C=O) groups excluding carboxylic acids is 1. The minimum atomic E-state index is -1.65. The Balaban J connectivity index is 1.48. The molecule has 0 spiro atoms. The van der Waals surface area contributed by atoms with Gasteiger partial charge in [0.2, 0.25) is 5.91 Å². The Bertz CT molecular complexity index is 1020. The van der Waals surface area contributed by atoms with Crippen LogP contribution in [0.4, 0.5) is 0 Å². The van der Waals surface area contributed by atoms with Crippen LogP contribution in [-0.2, 0) is 33.2 Å². The number of carbonyl (C=O) groups is 1. The van der Waals surface area contributed by atoms with Gasteiger partial charge in [0.1, 0.15) is 67.1 Å². The quantitative estimate of drug-likeness (QED) is 0.0960. The Kier molecular flexibility index (Phi) is 13.3.